The van der Waals surface area contributed by atoms with Crippen LogP contribution in [0, 0.1) is 12.7 Å². The first-order valence-electron chi connectivity index (χ1n) is 7.20. The van der Waals surface area contributed by atoms with Crippen LogP contribution in [0.3, 0.4) is 0 Å². The molecular weight excluding hydrogens is 410 g/mol. The Bertz CT molecular complexity index is 655. The van der Waals surface area contributed by atoms with E-state index in [0.717, 1.165) is 17.9 Å². The fraction of sp³-hybridized carbons (Fsp3) is 0.400. The summed E-state index contributed by atoms with van der Waals surface area (Å²) in [6.45, 7) is 5.41. The molecule has 0 amide bonds. The molecule has 2 aromatic rings. The lowest BCUT2D eigenvalue weighted by molar-refractivity contribution is 0.616. The largest absolute Gasteiger partial charge is 0.357 e. The predicted molar refractivity (Wildman–Crippen MR) is 99.2 cm³/mol. The molecule has 0 aliphatic rings. The number of hydrogen-bond donors (Lipinski definition) is 2. The highest BCUT2D eigenvalue weighted by Gasteiger charge is 2.03. The molecule has 0 radical (unpaired) electrons. The van der Waals surface area contributed by atoms with Gasteiger partial charge in [0.15, 0.2) is 11.8 Å². The first-order chi connectivity index (χ1) is 10.6. The van der Waals surface area contributed by atoms with Crippen molar-refractivity contribution in [3.8, 4) is 0 Å². The summed E-state index contributed by atoms with van der Waals surface area (Å²) >= 11 is 0. The van der Waals surface area contributed by atoms with Gasteiger partial charge in [-0.05, 0) is 31.0 Å². The molecule has 2 N–H and O–H groups in total. The Labute approximate surface area is 152 Å². The number of aryl methyl sites for hydroxylation is 2. The van der Waals surface area contributed by atoms with Crippen molar-refractivity contribution in [1.82, 2.24) is 25.4 Å². The number of nitrogens with one attached hydrogen (secondary N) is 2. The molecule has 0 bridgehead atoms. The summed E-state index contributed by atoms with van der Waals surface area (Å²) < 4.78 is 15.4. The standard InChI is InChI=1S/C15H21FN6.HI/c1-4-17-15(19-9-14-21-20-10-22(14)3)18-8-12-6-5-11(2)13(16)7-12;/h5-7,10H,4,8-9H2,1-3H3,(H2,17,18,19);1H. The number of aliphatic imine (C=N–C) groups is 1. The molecule has 0 atom stereocenters. The fourth-order valence-corrected chi connectivity index (χ4v) is 1.88. The van der Waals surface area contributed by atoms with E-state index in [1.807, 2.05) is 24.6 Å². The second-order valence-corrected chi connectivity index (χ2v) is 4.99. The van der Waals surface area contributed by atoms with E-state index in [1.54, 1.807) is 19.3 Å². The molecule has 2 rings (SSSR count). The van der Waals surface area contributed by atoms with Crippen LogP contribution in [-0.4, -0.2) is 27.3 Å². The highest BCUT2D eigenvalue weighted by molar-refractivity contribution is 14.0. The van der Waals surface area contributed by atoms with Crippen molar-refractivity contribution in [2.45, 2.75) is 26.9 Å². The van der Waals surface area contributed by atoms with Gasteiger partial charge >= 0.3 is 0 Å². The van der Waals surface area contributed by atoms with Crippen LogP contribution in [0.5, 0.6) is 0 Å². The quantitative estimate of drug-likeness (QED) is 0.432. The van der Waals surface area contributed by atoms with Gasteiger partial charge in [0.1, 0.15) is 12.1 Å². The van der Waals surface area contributed by atoms with Crippen LogP contribution in [0.15, 0.2) is 29.5 Å². The van der Waals surface area contributed by atoms with E-state index in [0.29, 0.717) is 24.6 Å². The summed E-state index contributed by atoms with van der Waals surface area (Å²) in [6.07, 6.45) is 1.65. The lowest BCUT2D eigenvalue weighted by Gasteiger charge is -2.11. The van der Waals surface area contributed by atoms with Gasteiger partial charge in [-0.2, -0.15) is 0 Å². The van der Waals surface area contributed by atoms with E-state index in [1.165, 1.54) is 6.07 Å². The van der Waals surface area contributed by atoms with Gasteiger partial charge in [-0.15, -0.1) is 34.2 Å². The summed E-state index contributed by atoms with van der Waals surface area (Å²) in [6, 6.07) is 5.17. The Morgan fingerprint density at radius 2 is 2.13 bits per heavy atom. The van der Waals surface area contributed by atoms with Crippen LogP contribution >= 0.6 is 24.0 Å². The minimum Gasteiger partial charge on any atom is -0.357 e. The van der Waals surface area contributed by atoms with Crippen molar-refractivity contribution in [1.29, 1.82) is 0 Å². The van der Waals surface area contributed by atoms with E-state index < -0.39 is 0 Å². The SMILES string of the molecule is CCNC(=NCc1ccc(C)c(F)c1)NCc1nncn1C.I. The van der Waals surface area contributed by atoms with Gasteiger partial charge in [0, 0.05) is 13.6 Å². The van der Waals surface area contributed by atoms with Gasteiger partial charge in [0.2, 0.25) is 0 Å². The van der Waals surface area contributed by atoms with Crippen molar-refractivity contribution < 1.29 is 4.39 Å². The molecule has 1 heterocycles. The van der Waals surface area contributed by atoms with E-state index in [4.69, 9.17) is 0 Å². The van der Waals surface area contributed by atoms with Crippen LogP contribution in [-0.2, 0) is 20.1 Å². The number of rotatable bonds is 5. The molecule has 1 aromatic heterocycles. The van der Waals surface area contributed by atoms with Crippen LogP contribution in [0.1, 0.15) is 23.9 Å². The number of aromatic nitrogens is 3. The maximum atomic E-state index is 13.5. The monoisotopic (exact) mass is 432 g/mol. The zero-order valence-electron chi connectivity index (χ0n) is 13.5. The van der Waals surface area contributed by atoms with Crippen molar-refractivity contribution >= 4 is 29.9 Å². The first kappa shape index (κ1) is 19.3. The molecule has 23 heavy (non-hydrogen) atoms. The van der Waals surface area contributed by atoms with Crippen LogP contribution in [0.4, 0.5) is 4.39 Å². The second kappa shape index (κ2) is 9.43. The maximum absolute atomic E-state index is 13.5. The van der Waals surface area contributed by atoms with Gasteiger partial charge < -0.3 is 15.2 Å². The zero-order chi connectivity index (χ0) is 15.9. The van der Waals surface area contributed by atoms with Gasteiger partial charge in [-0.1, -0.05) is 12.1 Å². The third-order valence-corrected chi connectivity index (χ3v) is 3.22. The van der Waals surface area contributed by atoms with Gasteiger partial charge in [0.05, 0.1) is 13.1 Å². The summed E-state index contributed by atoms with van der Waals surface area (Å²) in [5, 5.41) is 14.2. The number of benzene rings is 1. The molecule has 0 spiro atoms. The molecule has 0 saturated heterocycles. The van der Waals surface area contributed by atoms with Crippen LogP contribution in [0.2, 0.25) is 0 Å². The third kappa shape index (κ3) is 5.77. The minimum atomic E-state index is -0.204. The zero-order valence-corrected chi connectivity index (χ0v) is 15.8. The van der Waals surface area contributed by atoms with E-state index in [-0.39, 0.29) is 29.8 Å². The van der Waals surface area contributed by atoms with E-state index >= 15 is 0 Å². The smallest absolute Gasteiger partial charge is 0.191 e. The molecule has 126 valence electrons. The van der Waals surface area contributed by atoms with Gasteiger partial charge in [0.25, 0.3) is 0 Å². The number of hydrogen-bond acceptors (Lipinski definition) is 3. The molecule has 0 unspecified atom stereocenters. The van der Waals surface area contributed by atoms with Crippen molar-refractivity contribution in [3.05, 3.63) is 47.3 Å². The molecule has 1 aromatic carbocycles. The Morgan fingerprint density at radius 1 is 1.35 bits per heavy atom. The fourth-order valence-electron chi connectivity index (χ4n) is 1.88. The molecule has 6 nitrogen and oxygen atoms in total. The summed E-state index contributed by atoms with van der Waals surface area (Å²) in [4.78, 5) is 4.45. The van der Waals surface area contributed by atoms with E-state index in [2.05, 4.69) is 25.8 Å². The molecule has 0 saturated carbocycles. The third-order valence-electron chi connectivity index (χ3n) is 3.22. The summed E-state index contributed by atoms with van der Waals surface area (Å²) in [7, 11) is 1.89. The Morgan fingerprint density at radius 3 is 2.74 bits per heavy atom. The molecular formula is C15H22FIN6. The predicted octanol–water partition coefficient (Wildman–Crippen LogP) is 2.14. The number of nitrogens with zero attached hydrogens (tertiary/aromatic N) is 4. The van der Waals surface area contributed by atoms with Crippen LogP contribution in [0.25, 0.3) is 0 Å². The van der Waals surface area contributed by atoms with Crippen molar-refractivity contribution in [2.24, 2.45) is 12.0 Å². The average Bonchev–Trinajstić information content (AvgIpc) is 2.91. The molecule has 8 heteroatoms. The number of guanidine groups is 1. The van der Waals surface area contributed by atoms with Crippen molar-refractivity contribution in [3.63, 3.8) is 0 Å². The lowest BCUT2D eigenvalue weighted by atomic mass is 10.1. The Balaban J connectivity index is 0.00000264. The van der Waals surface area contributed by atoms with Gasteiger partial charge in [-0.3, -0.25) is 0 Å². The van der Waals surface area contributed by atoms with E-state index in [9.17, 15) is 4.39 Å². The van der Waals surface area contributed by atoms with Gasteiger partial charge in [-0.25, -0.2) is 9.38 Å². The first-order valence-corrected chi connectivity index (χ1v) is 7.20. The highest BCUT2D eigenvalue weighted by atomic mass is 127. The Hall–Kier alpha value is -1.71. The number of halogens is 2. The average molecular weight is 432 g/mol. The Kier molecular flexibility index (Phi) is 7.93. The van der Waals surface area contributed by atoms with Crippen molar-refractivity contribution in [2.75, 3.05) is 6.54 Å². The lowest BCUT2D eigenvalue weighted by Crippen LogP contribution is -2.37. The highest BCUT2D eigenvalue weighted by Crippen LogP contribution is 2.09. The topological polar surface area (TPSA) is 67.1 Å². The summed E-state index contributed by atoms with van der Waals surface area (Å²) in [5.41, 5.74) is 1.47. The molecule has 0 fully saturated rings. The summed E-state index contributed by atoms with van der Waals surface area (Å²) in [5.74, 6) is 1.27. The minimum absolute atomic E-state index is 0. The maximum Gasteiger partial charge on any atom is 0.191 e. The molecule has 0 aliphatic heterocycles. The second-order valence-electron chi connectivity index (χ2n) is 4.99. The van der Waals surface area contributed by atoms with Crippen LogP contribution < -0.4 is 10.6 Å². The molecule has 0 aliphatic carbocycles. The normalized spacial score (nSPS) is 11.0.